The summed E-state index contributed by atoms with van der Waals surface area (Å²) >= 11 is 0. The summed E-state index contributed by atoms with van der Waals surface area (Å²) in [5.41, 5.74) is 0.854. The van der Waals surface area contributed by atoms with Gasteiger partial charge in [0.25, 0.3) is 0 Å². The number of morpholine rings is 1. The molecule has 0 spiro atoms. The fourth-order valence-corrected chi connectivity index (χ4v) is 3.38. The smallest absolute Gasteiger partial charge is 0.231 e. The molecule has 1 amide bonds. The van der Waals surface area contributed by atoms with Gasteiger partial charge in [-0.3, -0.25) is 9.78 Å². The number of ether oxygens (including phenoxy) is 1. The second kappa shape index (κ2) is 7.14. The lowest BCUT2D eigenvalue weighted by Crippen LogP contribution is -2.45. The monoisotopic (exact) mass is 340 g/mol. The van der Waals surface area contributed by atoms with E-state index in [1.807, 2.05) is 17.0 Å². The highest BCUT2D eigenvalue weighted by molar-refractivity contribution is 5.80. The van der Waals surface area contributed by atoms with Crippen molar-refractivity contribution in [1.29, 1.82) is 0 Å². The second-order valence-electron chi connectivity index (χ2n) is 6.29. The molecule has 0 aromatic carbocycles. The predicted molar refractivity (Wildman–Crippen MR) is 89.5 cm³/mol. The van der Waals surface area contributed by atoms with Crippen LogP contribution in [-0.4, -0.2) is 52.2 Å². The Morgan fingerprint density at radius 3 is 2.68 bits per heavy atom. The predicted octanol–water partition coefficient (Wildman–Crippen LogP) is 2.04. The van der Waals surface area contributed by atoms with Gasteiger partial charge in [-0.25, -0.2) is 0 Å². The number of amides is 1. The average Bonchev–Trinajstić information content (AvgIpc) is 3.19. The molecule has 7 heteroatoms. The van der Waals surface area contributed by atoms with Crippen LogP contribution in [0.5, 0.6) is 0 Å². The molecule has 2 aromatic rings. The number of rotatable bonds is 3. The molecule has 1 aliphatic carbocycles. The third-order valence-corrected chi connectivity index (χ3v) is 4.77. The molecule has 0 saturated carbocycles. The fraction of sp³-hybridized carbons (Fsp3) is 0.444. The fourth-order valence-electron chi connectivity index (χ4n) is 3.38. The zero-order chi connectivity index (χ0) is 17.1. The van der Waals surface area contributed by atoms with Gasteiger partial charge in [-0.2, -0.15) is 4.98 Å². The number of hydrogen-bond donors (Lipinski definition) is 0. The summed E-state index contributed by atoms with van der Waals surface area (Å²) in [6, 6.07) is 3.68. The molecule has 3 heterocycles. The molecule has 1 aliphatic heterocycles. The Kier molecular flexibility index (Phi) is 4.56. The normalized spacial score (nSPS) is 23.6. The Hall–Kier alpha value is -2.54. The first kappa shape index (κ1) is 16.0. The standard InChI is InChI=1S/C18H20N4O3/c23-18(22-9-11-24-12-10-22)15-4-2-1-3-14(15)17-20-16(21-25-17)13-5-7-19-8-6-13/h1-2,5-8,14-15H,3-4,9-12H2. The van der Waals surface area contributed by atoms with E-state index in [1.54, 1.807) is 12.4 Å². The minimum atomic E-state index is -0.158. The molecule has 130 valence electrons. The van der Waals surface area contributed by atoms with Crippen LogP contribution in [0.25, 0.3) is 11.4 Å². The van der Waals surface area contributed by atoms with Crippen LogP contribution in [0.15, 0.2) is 41.2 Å². The Morgan fingerprint density at radius 1 is 1.12 bits per heavy atom. The average molecular weight is 340 g/mol. The number of carbonyl (C=O) groups excluding carboxylic acids is 1. The largest absolute Gasteiger partial charge is 0.378 e. The summed E-state index contributed by atoms with van der Waals surface area (Å²) in [5.74, 6) is 0.978. The molecule has 4 rings (SSSR count). The SMILES string of the molecule is O=C(C1CC=CCC1c1nc(-c2ccncc2)no1)N1CCOCC1. The maximum Gasteiger partial charge on any atom is 0.231 e. The van der Waals surface area contributed by atoms with Gasteiger partial charge in [-0.05, 0) is 25.0 Å². The van der Waals surface area contributed by atoms with E-state index in [9.17, 15) is 4.79 Å². The van der Waals surface area contributed by atoms with Crippen LogP contribution in [0.1, 0.15) is 24.7 Å². The van der Waals surface area contributed by atoms with E-state index >= 15 is 0 Å². The van der Waals surface area contributed by atoms with Crippen molar-refractivity contribution in [2.45, 2.75) is 18.8 Å². The summed E-state index contributed by atoms with van der Waals surface area (Å²) in [7, 11) is 0. The molecule has 0 N–H and O–H groups in total. The number of hydrogen-bond acceptors (Lipinski definition) is 6. The molecular formula is C18H20N4O3. The molecule has 1 saturated heterocycles. The Morgan fingerprint density at radius 2 is 1.88 bits per heavy atom. The molecule has 25 heavy (non-hydrogen) atoms. The third kappa shape index (κ3) is 3.32. The second-order valence-corrected chi connectivity index (χ2v) is 6.29. The number of aromatic nitrogens is 3. The van der Waals surface area contributed by atoms with Gasteiger partial charge in [0.05, 0.1) is 25.0 Å². The van der Waals surface area contributed by atoms with Crippen molar-refractivity contribution in [2.75, 3.05) is 26.3 Å². The van der Waals surface area contributed by atoms with Crippen LogP contribution in [0.2, 0.25) is 0 Å². The van der Waals surface area contributed by atoms with Crippen LogP contribution < -0.4 is 0 Å². The summed E-state index contributed by atoms with van der Waals surface area (Å²) in [6.07, 6.45) is 8.98. The quantitative estimate of drug-likeness (QED) is 0.795. The van der Waals surface area contributed by atoms with Crippen LogP contribution in [0.3, 0.4) is 0 Å². The van der Waals surface area contributed by atoms with E-state index < -0.39 is 0 Å². The zero-order valence-corrected chi connectivity index (χ0v) is 13.9. The molecule has 2 atom stereocenters. The number of allylic oxidation sites excluding steroid dienone is 2. The molecule has 1 fully saturated rings. The molecule has 2 aromatic heterocycles. The third-order valence-electron chi connectivity index (χ3n) is 4.77. The highest BCUT2D eigenvalue weighted by Gasteiger charge is 2.36. The number of nitrogens with zero attached hydrogens (tertiary/aromatic N) is 4. The van der Waals surface area contributed by atoms with Crippen LogP contribution in [-0.2, 0) is 9.53 Å². The summed E-state index contributed by atoms with van der Waals surface area (Å²) in [5, 5.41) is 4.09. The first-order valence-corrected chi connectivity index (χ1v) is 8.58. The summed E-state index contributed by atoms with van der Waals surface area (Å²) < 4.78 is 10.9. The topological polar surface area (TPSA) is 81.3 Å². The van der Waals surface area contributed by atoms with Gasteiger partial charge in [-0.1, -0.05) is 17.3 Å². The number of carbonyl (C=O) groups is 1. The van der Waals surface area contributed by atoms with E-state index in [2.05, 4.69) is 27.3 Å². The maximum atomic E-state index is 13.0. The Labute approximate surface area is 145 Å². The van der Waals surface area contributed by atoms with Gasteiger partial charge in [-0.15, -0.1) is 0 Å². The first-order chi connectivity index (χ1) is 12.3. The van der Waals surface area contributed by atoms with E-state index in [-0.39, 0.29) is 17.7 Å². The van der Waals surface area contributed by atoms with Crippen molar-refractivity contribution in [3.8, 4) is 11.4 Å². The maximum absolute atomic E-state index is 13.0. The lowest BCUT2D eigenvalue weighted by atomic mass is 9.81. The minimum Gasteiger partial charge on any atom is -0.378 e. The highest BCUT2D eigenvalue weighted by atomic mass is 16.5. The van der Waals surface area contributed by atoms with Crippen molar-refractivity contribution in [3.63, 3.8) is 0 Å². The van der Waals surface area contributed by atoms with Crippen LogP contribution >= 0.6 is 0 Å². The van der Waals surface area contributed by atoms with Gasteiger partial charge in [0, 0.05) is 31.0 Å². The summed E-state index contributed by atoms with van der Waals surface area (Å²) in [6.45, 7) is 2.51. The van der Waals surface area contributed by atoms with Crippen molar-refractivity contribution in [1.82, 2.24) is 20.0 Å². The van der Waals surface area contributed by atoms with Gasteiger partial charge >= 0.3 is 0 Å². The Bertz CT molecular complexity index is 753. The van der Waals surface area contributed by atoms with Crippen molar-refractivity contribution in [3.05, 3.63) is 42.6 Å². The van der Waals surface area contributed by atoms with Gasteiger partial charge in [0.15, 0.2) is 0 Å². The minimum absolute atomic E-state index is 0.0802. The van der Waals surface area contributed by atoms with E-state index in [0.29, 0.717) is 44.4 Å². The molecule has 0 bridgehead atoms. The summed E-state index contributed by atoms with van der Waals surface area (Å²) in [4.78, 5) is 23.4. The molecular weight excluding hydrogens is 320 g/mol. The molecule has 7 nitrogen and oxygen atoms in total. The first-order valence-electron chi connectivity index (χ1n) is 8.58. The molecule has 0 radical (unpaired) electrons. The van der Waals surface area contributed by atoms with Crippen molar-refractivity contribution < 1.29 is 14.1 Å². The zero-order valence-electron chi connectivity index (χ0n) is 13.9. The van der Waals surface area contributed by atoms with E-state index in [1.165, 1.54) is 0 Å². The van der Waals surface area contributed by atoms with Crippen LogP contribution in [0.4, 0.5) is 0 Å². The van der Waals surface area contributed by atoms with Crippen molar-refractivity contribution >= 4 is 5.91 Å². The van der Waals surface area contributed by atoms with Gasteiger partial charge in [0.2, 0.25) is 17.6 Å². The van der Waals surface area contributed by atoms with Gasteiger partial charge in [0.1, 0.15) is 0 Å². The van der Waals surface area contributed by atoms with E-state index in [4.69, 9.17) is 9.26 Å². The lowest BCUT2D eigenvalue weighted by molar-refractivity contribution is -0.140. The molecule has 2 aliphatic rings. The van der Waals surface area contributed by atoms with Gasteiger partial charge < -0.3 is 14.2 Å². The lowest BCUT2D eigenvalue weighted by Gasteiger charge is -2.33. The highest BCUT2D eigenvalue weighted by Crippen LogP contribution is 2.35. The van der Waals surface area contributed by atoms with E-state index in [0.717, 1.165) is 12.0 Å². The van der Waals surface area contributed by atoms with Crippen LogP contribution in [0, 0.1) is 5.92 Å². The Balaban J connectivity index is 1.56. The number of pyridine rings is 1. The van der Waals surface area contributed by atoms with Crippen molar-refractivity contribution in [2.24, 2.45) is 5.92 Å². The molecule has 2 unspecified atom stereocenters.